The Balaban J connectivity index is 1.73. The molecule has 0 aliphatic carbocycles. The molecule has 1 aromatic carbocycles. The molecule has 0 aromatic heterocycles. The second kappa shape index (κ2) is 8.07. The Bertz CT molecular complexity index is 501. The first-order valence-corrected chi connectivity index (χ1v) is 7.45. The number of hydrogen-bond donors (Lipinski definition) is 2. The summed E-state index contributed by atoms with van der Waals surface area (Å²) in [4.78, 5) is 12.2. The number of carbonyl (C=O) groups is 1. The summed E-state index contributed by atoms with van der Waals surface area (Å²) in [6.07, 6.45) is 2.34. The number of amides is 1. The monoisotopic (exact) mass is 308 g/mol. The van der Waals surface area contributed by atoms with E-state index < -0.39 is 0 Å². The SMILES string of the molecule is NC(=S)c1cccc(NC(=O)CCOC2CCOCC2)c1. The molecule has 1 aliphatic rings. The van der Waals surface area contributed by atoms with Crippen LogP contribution in [-0.2, 0) is 14.3 Å². The first kappa shape index (κ1) is 15.9. The average Bonchev–Trinajstić information content (AvgIpc) is 2.48. The summed E-state index contributed by atoms with van der Waals surface area (Å²) in [7, 11) is 0. The summed E-state index contributed by atoms with van der Waals surface area (Å²) in [6.45, 7) is 1.90. The number of anilines is 1. The molecule has 1 saturated heterocycles. The Morgan fingerprint density at radius 1 is 1.43 bits per heavy atom. The lowest BCUT2D eigenvalue weighted by atomic mass is 10.1. The molecule has 2 rings (SSSR count). The van der Waals surface area contributed by atoms with Crippen molar-refractivity contribution < 1.29 is 14.3 Å². The molecule has 0 bridgehead atoms. The molecule has 0 saturated carbocycles. The average molecular weight is 308 g/mol. The maximum Gasteiger partial charge on any atom is 0.226 e. The smallest absolute Gasteiger partial charge is 0.226 e. The van der Waals surface area contributed by atoms with E-state index in [0.717, 1.165) is 31.6 Å². The molecule has 0 unspecified atom stereocenters. The van der Waals surface area contributed by atoms with Crippen LogP contribution in [0, 0.1) is 0 Å². The highest BCUT2D eigenvalue weighted by molar-refractivity contribution is 7.80. The van der Waals surface area contributed by atoms with E-state index in [1.807, 2.05) is 12.1 Å². The molecule has 3 N–H and O–H groups in total. The van der Waals surface area contributed by atoms with E-state index >= 15 is 0 Å². The van der Waals surface area contributed by atoms with Crippen LogP contribution in [0.3, 0.4) is 0 Å². The van der Waals surface area contributed by atoms with Crippen LogP contribution in [0.1, 0.15) is 24.8 Å². The first-order chi connectivity index (χ1) is 10.1. The molecular weight excluding hydrogens is 288 g/mol. The fourth-order valence-electron chi connectivity index (χ4n) is 2.13. The molecule has 114 valence electrons. The van der Waals surface area contributed by atoms with Gasteiger partial charge in [0.25, 0.3) is 0 Å². The van der Waals surface area contributed by atoms with Crippen molar-refractivity contribution in [3.63, 3.8) is 0 Å². The Kier molecular flexibility index (Phi) is 6.10. The van der Waals surface area contributed by atoms with E-state index in [1.54, 1.807) is 12.1 Å². The van der Waals surface area contributed by atoms with Gasteiger partial charge in [-0.05, 0) is 25.0 Å². The standard InChI is InChI=1S/C15H20N2O3S/c16-15(21)11-2-1-3-12(10-11)17-14(18)6-9-20-13-4-7-19-8-5-13/h1-3,10,13H,4-9H2,(H2,16,21)(H,17,18). The fraction of sp³-hybridized carbons (Fsp3) is 0.467. The van der Waals surface area contributed by atoms with Crippen LogP contribution in [0.5, 0.6) is 0 Å². The number of benzene rings is 1. The fourth-order valence-corrected chi connectivity index (χ4v) is 2.26. The summed E-state index contributed by atoms with van der Waals surface area (Å²) >= 11 is 4.91. The number of carbonyl (C=O) groups excluding carboxylic acids is 1. The maximum atomic E-state index is 11.9. The topological polar surface area (TPSA) is 73.6 Å². The molecule has 1 heterocycles. The van der Waals surface area contributed by atoms with Gasteiger partial charge < -0.3 is 20.5 Å². The second-order valence-corrected chi connectivity index (χ2v) is 5.37. The van der Waals surface area contributed by atoms with Crippen molar-refractivity contribution in [1.29, 1.82) is 0 Å². The predicted molar refractivity (Wildman–Crippen MR) is 85.4 cm³/mol. The Morgan fingerprint density at radius 2 is 2.19 bits per heavy atom. The van der Waals surface area contributed by atoms with E-state index in [-0.39, 0.29) is 12.0 Å². The van der Waals surface area contributed by atoms with E-state index in [4.69, 9.17) is 27.4 Å². The lowest BCUT2D eigenvalue weighted by Gasteiger charge is -2.22. The van der Waals surface area contributed by atoms with Gasteiger partial charge in [-0.1, -0.05) is 24.4 Å². The molecule has 1 aromatic rings. The van der Waals surface area contributed by atoms with Crippen LogP contribution in [0.25, 0.3) is 0 Å². The zero-order valence-electron chi connectivity index (χ0n) is 11.8. The molecular formula is C15H20N2O3S. The summed E-state index contributed by atoms with van der Waals surface area (Å²) in [5.41, 5.74) is 6.99. The van der Waals surface area contributed by atoms with Gasteiger partial charge in [-0.25, -0.2) is 0 Å². The Morgan fingerprint density at radius 3 is 2.90 bits per heavy atom. The summed E-state index contributed by atoms with van der Waals surface area (Å²) < 4.78 is 10.9. The van der Waals surface area contributed by atoms with Crippen LogP contribution in [0.15, 0.2) is 24.3 Å². The number of nitrogens with two attached hydrogens (primary N) is 1. The van der Waals surface area contributed by atoms with Crippen LogP contribution >= 0.6 is 12.2 Å². The third-order valence-electron chi connectivity index (χ3n) is 3.28. The van der Waals surface area contributed by atoms with E-state index in [1.165, 1.54) is 0 Å². The van der Waals surface area contributed by atoms with Crippen molar-refractivity contribution in [2.24, 2.45) is 5.73 Å². The van der Waals surface area contributed by atoms with Crippen molar-refractivity contribution in [3.05, 3.63) is 29.8 Å². The Hall–Kier alpha value is -1.50. The molecule has 6 heteroatoms. The van der Waals surface area contributed by atoms with E-state index in [9.17, 15) is 4.79 Å². The molecule has 1 aliphatic heterocycles. The van der Waals surface area contributed by atoms with Crippen molar-refractivity contribution in [2.75, 3.05) is 25.1 Å². The minimum absolute atomic E-state index is 0.0813. The highest BCUT2D eigenvalue weighted by Gasteiger charge is 2.14. The first-order valence-electron chi connectivity index (χ1n) is 7.04. The lowest BCUT2D eigenvalue weighted by Crippen LogP contribution is -2.25. The van der Waals surface area contributed by atoms with Crippen LogP contribution in [0.2, 0.25) is 0 Å². The Labute approximate surface area is 129 Å². The van der Waals surface area contributed by atoms with Crippen molar-refractivity contribution >= 4 is 28.8 Å². The van der Waals surface area contributed by atoms with Gasteiger partial charge in [0.2, 0.25) is 5.91 Å². The minimum Gasteiger partial charge on any atom is -0.389 e. The highest BCUT2D eigenvalue weighted by Crippen LogP contribution is 2.12. The predicted octanol–water partition coefficient (Wildman–Crippen LogP) is 1.85. The third kappa shape index (κ3) is 5.41. The lowest BCUT2D eigenvalue weighted by molar-refractivity contribution is -0.118. The molecule has 0 spiro atoms. The highest BCUT2D eigenvalue weighted by atomic mass is 32.1. The summed E-state index contributed by atoms with van der Waals surface area (Å²) in [5.74, 6) is -0.0813. The van der Waals surface area contributed by atoms with Gasteiger partial charge in [-0.15, -0.1) is 0 Å². The summed E-state index contributed by atoms with van der Waals surface area (Å²) in [5, 5.41) is 2.82. The molecule has 5 nitrogen and oxygen atoms in total. The van der Waals surface area contributed by atoms with Crippen molar-refractivity contribution in [2.45, 2.75) is 25.4 Å². The van der Waals surface area contributed by atoms with Crippen LogP contribution < -0.4 is 11.1 Å². The van der Waals surface area contributed by atoms with Gasteiger partial charge in [0.05, 0.1) is 19.1 Å². The van der Waals surface area contributed by atoms with Gasteiger partial charge in [0, 0.05) is 24.5 Å². The van der Waals surface area contributed by atoms with Gasteiger partial charge in [-0.3, -0.25) is 4.79 Å². The largest absolute Gasteiger partial charge is 0.389 e. The second-order valence-electron chi connectivity index (χ2n) is 4.93. The number of rotatable bonds is 6. The van der Waals surface area contributed by atoms with Crippen molar-refractivity contribution in [1.82, 2.24) is 0 Å². The zero-order chi connectivity index (χ0) is 15.1. The number of nitrogens with one attached hydrogen (secondary N) is 1. The summed E-state index contributed by atoms with van der Waals surface area (Å²) in [6, 6.07) is 7.19. The number of ether oxygens (including phenoxy) is 2. The van der Waals surface area contributed by atoms with Gasteiger partial charge >= 0.3 is 0 Å². The molecule has 0 radical (unpaired) electrons. The zero-order valence-corrected chi connectivity index (χ0v) is 12.7. The van der Waals surface area contributed by atoms with E-state index in [2.05, 4.69) is 5.32 Å². The van der Waals surface area contributed by atoms with Gasteiger partial charge in [0.1, 0.15) is 4.99 Å². The third-order valence-corrected chi connectivity index (χ3v) is 3.52. The molecule has 1 amide bonds. The van der Waals surface area contributed by atoms with Gasteiger partial charge in [-0.2, -0.15) is 0 Å². The van der Waals surface area contributed by atoms with Crippen LogP contribution in [-0.4, -0.2) is 36.8 Å². The molecule has 21 heavy (non-hydrogen) atoms. The van der Waals surface area contributed by atoms with E-state index in [0.29, 0.717) is 23.7 Å². The number of thiocarbonyl (C=S) groups is 1. The van der Waals surface area contributed by atoms with Crippen LogP contribution in [0.4, 0.5) is 5.69 Å². The normalized spacial score (nSPS) is 15.6. The maximum absolute atomic E-state index is 11.9. The molecule has 1 fully saturated rings. The minimum atomic E-state index is -0.0813. The van der Waals surface area contributed by atoms with Gasteiger partial charge in [0.15, 0.2) is 0 Å². The quantitative estimate of drug-likeness (QED) is 0.785. The molecule has 0 atom stereocenters. The number of hydrogen-bond acceptors (Lipinski definition) is 4. The van der Waals surface area contributed by atoms with Crippen molar-refractivity contribution in [3.8, 4) is 0 Å².